The predicted octanol–water partition coefficient (Wildman–Crippen LogP) is 3.84. The van der Waals surface area contributed by atoms with Crippen LogP contribution in [-0.4, -0.2) is 6.36 Å². The number of ether oxygens (including phenoxy) is 1. The zero-order valence-electron chi connectivity index (χ0n) is 7.79. The molecule has 0 heterocycles. The molecule has 0 amide bonds. The summed E-state index contributed by atoms with van der Waals surface area (Å²) in [5.74, 6) is -1.48. The molecule has 17 heavy (non-hydrogen) atoms. The molecule has 0 aliphatic carbocycles. The van der Waals surface area contributed by atoms with Gasteiger partial charge in [0.25, 0.3) is 0 Å². The molecular weight excluding hydrogens is 276 g/mol. The van der Waals surface area contributed by atoms with E-state index in [1.807, 2.05) is 0 Å². The number of hydrogen-bond donors (Lipinski definition) is 1. The quantitative estimate of drug-likeness (QED) is 0.626. The molecule has 96 valence electrons. The van der Waals surface area contributed by atoms with E-state index in [1.54, 1.807) is 0 Å². The van der Waals surface area contributed by atoms with E-state index in [-0.39, 0.29) is 5.69 Å². The largest absolute Gasteiger partial charge is 0.573 e. The van der Waals surface area contributed by atoms with Crippen molar-refractivity contribution in [1.29, 1.82) is 0 Å². The van der Waals surface area contributed by atoms with Crippen molar-refractivity contribution in [3.8, 4) is 5.75 Å². The maximum absolute atomic E-state index is 12.4. The maximum Gasteiger partial charge on any atom is 0.573 e. The molecular formula is C8H4ClF6NO. The molecule has 1 aromatic carbocycles. The molecule has 2 N–H and O–H groups in total. The number of nitrogen functional groups attached to an aromatic ring is 1. The first-order valence-corrected chi connectivity index (χ1v) is 4.30. The lowest BCUT2D eigenvalue weighted by Gasteiger charge is -2.17. The minimum Gasteiger partial charge on any atom is -0.405 e. The number of hydrogen-bond acceptors (Lipinski definition) is 2. The summed E-state index contributed by atoms with van der Waals surface area (Å²) in [5.41, 5.74) is 3.00. The van der Waals surface area contributed by atoms with Gasteiger partial charge in [0.15, 0.2) is 0 Å². The number of anilines is 1. The minimum atomic E-state index is -5.27. The Morgan fingerprint density at radius 2 is 1.59 bits per heavy atom. The number of rotatable bonds is 1. The van der Waals surface area contributed by atoms with Crippen molar-refractivity contribution in [2.45, 2.75) is 12.5 Å². The fourth-order valence-electron chi connectivity index (χ4n) is 1.08. The second kappa shape index (κ2) is 4.17. The average molecular weight is 280 g/mol. The van der Waals surface area contributed by atoms with Crippen molar-refractivity contribution in [1.82, 2.24) is 0 Å². The zero-order valence-corrected chi connectivity index (χ0v) is 8.54. The van der Waals surface area contributed by atoms with Gasteiger partial charge in [-0.2, -0.15) is 13.2 Å². The fraction of sp³-hybridized carbons (Fsp3) is 0.250. The maximum atomic E-state index is 12.4. The third-order valence-corrected chi connectivity index (χ3v) is 1.88. The van der Waals surface area contributed by atoms with Crippen LogP contribution in [0.3, 0.4) is 0 Å². The Kier molecular flexibility index (Phi) is 3.37. The van der Waals surface area contributed by atoms with Crippen LogP contribution < -0.4 is 10.5 Å². The van der Waals surface area contributed by atoms with E-state index in [1.165, 1.54) is 0 Å². The molecule has 0 saturated carbocycles. The van der Waals surface area contributed by atoms with Gasteiger partial charge in [-0.3, -0.25) is 0 Å². The standard InChI is InChI=1S/C8H4ClF6NO/c9-4-1-3(16)2-5(17-8(13,14)15)6(4)7(10,11)12/h1-2H,16H2. The van der Waals surface area contributed by atoms with Crippen LogP contribution in [0.5, 0.6) is 5.75 Å². The Hall–Kier alpha value is -1.31. The first-order chi connectivity index (χ1) is 7.50. The van der Waals surface area contributed by atoms with Crippen LogP contribution in [0.15, 0.2) is 12.1 Å². The van der Waals surface area contributed by atoms with Crippen molar-refractivity contribution in [3.63, 3.8) is 0 Å². The molecule has 0 bridgehead atoms. The van der Waals surface area contributed by atoms with Crippen molar-refractivity contribution in [2.75, 3.05) is 5.73 Å². The van der Waals surface area contributed by atoms with E-state index < -0.39 is 28.9 Å². The van der Waals surface area contributed by atoms with Crippen LogP contribution in [0.1, 0.15) is 5.56 Å². The molecule has 1 aromatic rings. The van der Waals surface area contributed by atoms with Crippen molar-refractivity contribution >= 4 is 17.3 Å². The molecule has 0 atom stereocenters. The lowest BCUT2D eigenvalue weighted by molar-refractivity contribution is -0.276. The fourth-order valence-corrected chi connectivity index (χ4v) is 1.41. The van der Waals surface area contributed by atoms with Gasteiger partial charge in [0.1, 0.15) is 11.3 Å². The van der Waals surface area contributed by atoms with Crippen LogP contribution in [0.4, 0.5) is 32.0 Å². The Morgan fingerprint density at radius 3 is 2.00 bits per heavy atom. The van der Waals surface area contributed by atoms with Crippen molar-refractivity contribution < 1.29 is 31.1 Å². The highest BCUT2D eigenvalue weighted by Crippen LogP contribution is 2.43. The number of benzene rings is 1. The monoisotopic (exact) mass is 279 g/mol. The normalized spacial score (nSPS) is 12.6. The zero-order chi connectivity index (χ0) is 13.4. The third kappa shape index (κ3) is 3.58. The van der Waals surface area contributed by atoms with Gasteiger partial charge < -0.3 is 10.5 Å². The third-order valence-electron chi connectivity index (χ3n) is 1.59. The van der Waals surface area contributed by atoms with Gasteiger partial charge in [-0.25, -0.2) is 0 Å². The summed E-state index contributed by atoms with van der Waals surface area (Å²) in [6, 6.07) is 1.09. The molecule has 0 aliphatic heterocycles. The smallest absolute Gasteiger partial charge is 0.405 e. The van der Waals surface area contributed by atoms with E-state index >= 15 is 0 Å². The lowest BCUT2D eigenvalue weighted by Crippen LogP contribution is -2.20. The Labute approximate surface area is 95.9 Å². The molecule has 0 radical (unpaired) electrons. The molecule has 9 heteroatoms. The summed E-state index contributed by atoms with van der Waals surface area (Å²) in [4.78, 5) is 0. The SMILES string of the molecule is Nc1cc(Cl)c(C(F)(F)F)c(OC(F)(F)F)c1. The average Bonchev–Trinajstić information content (AvgIpc) is 1.94. The van der Waals surface area contributed by atoms with Crippen molar-refractivity contribution in [3.05, 3.63) is 22.7 Å². The molecule has 0 aliphatic rings. The van der Waals surface area contributed by atoms with Crippen LogP contribution in [-0.2, 0) is 6.18 Å². The van der Waals surface area contributed by atoms with Crippen LogP contribution >= 0.6 is 11.6 Å². The van der Waals surface area contributed by atoms with E-state index in [0.29, 0.717) is 12.1 Å². The van der Waals surface area contributed by atoms with Gasteiger partial charge in [-0.1, -0.05) is 11.6 Å². The van der Waals surface area contributed by atoms with E-state index in [9.17, 15) is 26.3 Å². The second-order valence-corrected chi connectivity index (χ2v) is 3.33. The molecule has 0 fully saturated rings. The van der Waals surface area contributed by atoms with Gasteiger partial charge in [0, 0.05) is 11.8 Å². The van der Waals surface area contributed by atoms with Gasteiger partial charge in [-0.15, -0.1) is 13.2 Å². The molecule has 0 unspecified atom stereocenters. The second-order valence-electron chi connectivity index (χ2n) is 2.92. The Bertz CT molecular complexity index is 427. The highest BCUT2D eigenvalue weighted by atomic mass is 35.5. The summed E-state index contributed by atoms with van der Waals surface area (Å²) in [7, 11) is 0. The van der Waals surface area contributed by atoms with E-state index in [2.05, 4.69) is 4.74 Å². The first kappa shape index (κ1) is 13.8. The Balaban J connectivity index is 3.36. The summed E-state index contributed by atoms with van der Waals surface area (Å²) in [6.45, 7) is 0. The summed E-state index contributed by atoms with van der Waals surface area (Å²) in [6.07, 6.45) is -10.3. The molecule has 0 spiro atoms. The molecule has 1 rings (SSSR count). The van der Waals surface area contributed by atoms with E-state index in [4.69, 9.17) is 17.3 Å². The molecule has 0 saturated heterocycles. The van der Waals surface area contributed by atoms with Crippen LogP contribution in [0.25, 0.3) is 0 Å². The van der Waals surface area contributed by atoms with Gasteiger partial charge in [-0.05, 0) is 6.07 Å². The summed E-state index contributed by atoms with van der Waals surface area (Å²) in [5, 5.41) is -0.961. The van der Waals surface area contributed by atoms with Gasteiger partial charge in [0.2, 0.25) is 0 Å². The minimum absolute atomic E-state index is 0.373. The number of alkyl halides is 6. The Morgan fingerprint density at radius 1 is 1.06 bits per heavy atom. The summed E-state index contributed by atoms with van der Waals surface area (Å²) < 4.78 is 76.3. The van der Waals surface area contributed by atoms with Gasteiger partial charge >= 0.3 is 12.5 Å². The van der Waals surface area contributed by atoms with Crippen molar-refractivity contribution in [2.24, 2.45) is 0 Å². The molecule has 2 nitrogen and oxygen atoms in total. The van der Waals surface area contributed by atoms with Gasteiger partial charge in [0.05, 0.1) is 5.02 Å². The number of halogens is 7. The first-order valence-electron chi connectivity index (χ1n) is 3.92. The lowest BCUT2D eigenvalue weighted by atomic mass is 10.1. The van der Waals surface area contributed by atoms with Crippen LogP contribution in [0.2, 0.25) is 5.02 Å². The molecule has 0 aromatic heterocycles. The summed E-state index contributed by atoms with van der Waals surface area (Å²) >= 11 is 5.20. The highest BCUT2D eigenvalue weighted by Gasteiger charge is 2.41. The number of nitrogens with two attached hydrogens (primary N) is 1. The van der Waals surface area contributed by atoms with E-state index in [0.717, 1.165) is 0 Å². The highest BCUT2D eigenvalue weighted by molar-refractivity contribution is 6.32. The topological polar surface area (TPSA) is 35.2 Å². The predicted molar refractivity (Wildman–Crippen MR) is 47.5 cm³/mol. The van der Waals surface area contributed by atoms with Crippen LogP contribution in [0, 0.1) is 0 Å².